The van der Waals surface area contributed by atoms with Crippen LogP contribution in [0.3, 0.4) is 0 Å². The lowest BCUT2D eigenvalue weighted by atomic mass is 10.3. The van der Waals surface area contributed by atoms with E-state index in [1.54, 1.807) is 18.0 Å². The summed E-state index contributed by atoms with van der Waals surface area (Å²) in [5.74, 6) is 1.00. The van der Waals surface area contributed by atoms with Gasteiger partial charge in [-0.2, -0.15) is 0 Å². The Morgan fingerprint density at radius 2 is 2.69 bits per heavy atom. The maximum Gasteiger partial charge on any atom is 0.151 e. The van der Waals surface area contributed by atoms with Crippen molar-refractivity contribution in [1.82, 2.24) is 4.98 Å². The Kier molecular flexibility index (Phi) is 3.49. The number of hydrogen-bond donors (Lipinski definition) is 0. The molecule has 0 aliphatic carbocycles. The van der Waals surface area contributed by atoms with E-state index in [2.05, 4.69) is 4.98 Å². The number of thiazole rings is 1. The van der Waals surface area contributed by atoms with E-state index in [-0.39, 0.29) is 0 Å². The Balaban J connectivity index is 1.78. The second-order valence-electron chi connectivity index (χ2n) is 2.88. The Morgan fingerprint density at radius 1 is 1.77 bits per heavy atom. The lowest BCUT2D eigenvalue weighted by Crippen LogP contribution is -2.07. The molecule has 1 aromatic heterocycles. The first-order valence-electron chi connectivity index (χ1n) is 4.20. The van der Waals surface area contributed by atoms with Gasteiger partial charge in [-0.25, -0.2) is 4.98 Å². The van der Waals surface area contributed by atoms with Crippen LogP contribution in [0.4, 0.5) is 0 Å². The first kappa shape index (κ1) is 9.77. The van der Waals surface area contributed by atoms with Gasteiger partial charge in [-0.1, -0.05) is 34.7 Å². The molecule has 0 saturated carbocycles. The summed E-state index contributed by atoms with van der Waals surface area (Å²) in [6.45, 7) is 0.920. The molecular weight excluding hydrogens is 226 g/mol. The molecule has 0 aromatic carbocycles. The summed E-state index contributed by atoms with van der Waals surface area (Å²) in [5, 5.41) is 0. The molecule has 0 amide bonds. The third-order valence-corrected chi connectivity index (χ3v) is 4.28. The molecule has 1 unspecified atom stereocenters. The third-order valence-electron chi connectivity index (χ3n) is 1.87. The van der Waals surface area contributed by atoms with E-state index in [1.165, 1.54) is 24.2 Å². The average Bonchev–Trinajstić information content (AvgIpc) is 2.71. The normalized spacial score (nSPS) is 22.4. The molecule has 1 fully saturated rings. The lowest BCUT2D eigenvalue weighted by molar-refractivity contribution is 0.129. The highest BCUT2D eigenvalue weighted by molar-refractivity contribution is 8.01. The minimum Gasteiger partial charge on any atom is -0.377 e. The van der Waals surface area contributed by atoms with Crippen LogP contribution in [0.5, 0.6) is 0 Å². The van der Waals surface area contributed by atoms with Gasteiger partial charge in [0, 0.05) is 12.4 Å². The van der Waals surface area contributed by atoms with Crippen LogP contribution in [-0.4, -0.2) is 23.4 Å². The Labute approximate surface area is 90.7 Å². The number of aromatic nitrogens is 1. The van der Waals surface area contributed by atoms with Crippen LogP contribution in [-0.2, 0) is 4.74 Å². The van der Waals surface area contributed by atoms with Gasteiger partial charge in [-0.05, 0) is 12.8 Å². The number of hydrogen-bond acceptors (Lipinski definition) is 4. The molecule has 0 spiro atoms. The lowest BCUT2D eigenvalue weighted by Gasteiger charge is -2.05. The van der Waals surface area contributed by atoms with Crippen LogP contribution in [0.2, 0.25) is 4.34 Å². The van der Waals surface area contributed by atoms with Crippen LogP contribution in [0.15, 0.2) is 10.5 Å². The highest BCUT2D eigenvalue weighted by Gasteiger charge is 2.16. The first-order valence-corrected chi connectivity index (χ1v) is 6.38. The van der Waals surface area contributed by atoms with Crippen molar-refractivity contribution in [3.8, 4) is 0 Å². The van der Waals surface area contributed by atoms with Gasteiger partial charge in [-0.15, -0.1) is 0 Å². The van der Waals surface area contributed by atoms with Crippen LogP contribution < -0.4 is 0 Å². The number of rotatable bonds is 3. The summed E-state index contributed by atoms with van der Waals surface area (Å²) in [7, 11) is 0. The first-order chi connectivity index (χ1) is 6.34. The van der Waals surface area contributed by atoms with Crippen molar-refractivity contribution in [2.75, 3.05) is 12.4 Å². The maximum atomic E-state index is 5.77. The number of halogens is 1. The standard InChI is InChI=1S/C8H10ClNOS2/c9-7-4-10-8(13-7)12-5-6-2-1-3-11-6/h4,6H,1-3,5H2. The van der Waals surface area contributed by atoms with Crippen molar-refractivity contribution >= 4 is 34.7 Å². The predicted octanol–water partition coefficient (Wildman–Crippen LogP) is 3.07. The quantitative estimate of drug-likeness (QED) is 0.752. The zero-order valence-corrected chi connectivity index (χ0v) is 9.42. The van der Waals surface area contributed by atoms with Crippen molar-refractivity contribution in [2.45, 2.75) is 23.3 Å². The third kappa shape index (κ3) is 2.84. The van der Waals surface area contributed by atoms with Gasteiger partial charge in [0.1, 0.15) is 4.34 Å². The van der Waals surface area contributed by atoms with Crippen LogP contribution in [0, 0.1) is 0 Å². The van der Waals surface area contributed by atoms with E-state index < -0.39 is 0 Å². The Hall–Kier alpha value is 0.230. The highest BCUT2D eigenvalue weighted by Crippen LogP contribution is 2.29. The summed E-state index contributed by atoms with van der Waals surface area (Å²) < 4.78 is 7.31. The fourth-order valence-electron chi connectivity index (χ4n) is 1.25. The van der Waals surface area contributed by atoms with Gasteiger partial charge < -0.3 is 4.74 Å². The maximum absolute atomic E-state index is 5.77. The predicted molar refractivity (Wildman–Crippen MR) is 56.8 cm³/mol. The Morgan fingerprint density at radius 3 is 3.31 bits per heavy atom. The summed E-state index contributed by atoms with van der Waals surface area (Å²) in [6, 6.07) is 0. The number of thioether (sulfide) groups is 1. The van der Waals surface area contributed by atoms with E-state index >= 15 is 0 Å². The number of ether oxygens (including phenoxy) is 1. The van der Waals surface area contributed by atoms with Gasteiger partial charge in [0.05, 0.1) is 12.3 Å². The van der Waals surface area contributed by atoms with Crippen molar-refractivity contribution in [3.63, 3.8) is 0 Å². The van der Waals surface area contributed by atoms with Gasteiger partial charge in [0.25, 0.3) is 0 Å². The number of nitrogens with zero attached hydrogens (tertiary/aromatic N) is 1. The highest BCUT2D eigenvalue weighted by atomic mass is 35.5. The molecule has 13 heavy (non-hydrogen) atoms. The van der Waals surface area contributed by atoms with E-state index in [4.69, 9.17) is 16.3 Å². The molecule has 1 saturated heterocycles. The molecule has 5 heteroatoms. The molecule has 2 nitrogen and oxygen atoms in total. The van der Waals surface area contributed by atoms with E-state index in [0.717, 1.165) is 21.0 Å². The van der Waals surface area contributed by atoms with Crippen LogP contribution in [0.1, 0.15) is 12.8 Å². The smallest absolute Gasteiger partial charge is 0.151 e. The SMILES string of the molecule is Clc1cnc(SCC2CCCO2)s1. The van der Waals surface area contributed by atoms with Crippen molar-refractivity contribution in [1.29, 1.82) is 0 Å². The molecule has 0 N–H and O–H groups in total. The van der Waals surface area contributed by atoms with Gasteiger partial charge in [0.2, 0.25) is 0 Å². The fourth-order valence-corrected chi connectivity index (χ4v) is 3.46. The second kappa shape index (κ2) is 4.64. The van der Waals surface area contributed by atoms with Gasteiger partial charge in [-0.3, -0.25) is 0 Å². The Bertz CT molecular complexity index is 273. The zero-order valence-electron chi connectivity index (χ0n) is 7.03. The fraction of sp³-hybridized carbons (Fsp3) is 0.625. The molecule has 1 atom stereocenters. The van der Waals surface area contributed by atoms with Gasteiger partial charge in [0.15, 0.2) is 4.34 Å². The summed E-state index contributed by atoms with van der Waals surface area (Å²) in [4.78, 5) is 4.17. The molecule has 1 aromatic rings. The van der Waals surface area contributed by atoms with Crippen molar-refractivity contribution in [2.24, 2.45) is 0 Å². The molecule has 2 heterocycles. The molecule has 1 aliphatic rings. The topological polar surface area (TPSA) is 22.1 Å². The average molecular weight is 236 g/mol. The van der Waals surface area contributed by atoms with Gasteiger partial charge >= 0.3 is 0 Å². The van der Waals surface area contributed by atoms with E-state index in [9.17, 15) is 0 Å². The summed E-state index contributed by atoms with van der Waals surface area (Å²) in [5.41, 5.74) is 0. The minimum atomic E-state index is 0.424. The molecule has 0 bridgehead atoms. The molecule has 2 rings (SSSR count). The second-order valence-corrected chi connectivity index (χ2v) is 5.81. The zero-order chi connectivity index (χ0) is 9.10. The molecule has 72 valence electrons. The van der Waals surface area contributed by atoms with E-state index in [1.807, 2.05) is 0 Å². The van der Waals surface area contributed by atoms with Crippen molar-refractivity contribution in [3.05, 3.63) is 10.5 Å². The summed E-state index contributed by atoms with van der Waals surface area (Å²) >= 11 is 9.04. The molecule has 1 aliphatic heterocycles. The summed E-state index contributed by atoms with van der Waals surface area (Å²) in [6.07, 6.45) is 4.51. The minimum absolute atomic E-state index is 0.424. The monoisotopic (exact) mass is 235 g/mol. The molecule has 0 radical (unpaired) electrons. The van der Waals surface area contributed by atoms with E-state index in [0.29, 0.717) is 6.10 Å². The van der Waals surface area contributed by atoms with Crippen LogP contribution in [0.25, 0.3) is 0 Å². The van der Waals surface area contributed by atoms with Crippen LogP contribution >= 0.6 is 34.7 Å². The molecular formula is C8H10ClNOS2. The largest absolute Gasteiger partial charge is 0.377 e. The van der Waals surface area contributed by atoms with Crippen molar-refractivity contribution < 1.29 is 4.74 Å².